The summed E-state index contributed by atoms with van der Waals surface area (Å²) in [4.78, 5) is 72.2. The summed E-state index contributed by atoms with van der Waals surface area (Å²) < 4.78 is 11.1. The van der Waals surface area contributed by atoms with E-state index < -0.39 is 41.1 Å². The molecule has 1 fully saturated rings. The van der Waals surface area contributed by atoms with Crippen LogP contribution in [0.1, 0.15) is 65.0 Å². The van der Waals surface area contributed by atoms with Crippen molar-refractivity contribution in [2.45, 2.75) is 44.2 Å². The second kappa shape index (κ2) is 10.8. The predicted octanol–water partition coefficient (Wildman–Crippen LogP) is 4.66. The molecule has 3 aliphatic rings. The number of likely N-dealkylation sites (tertiary alicyclic amines) is 1. The normalized spacial score (nSPS) is 18.9. The molecule has 11 heteroatoms. The number of benzene rings is 3. The molecular formula is C33H31N3O8. The quantitative estimate of drug-likeness (QED) is 0.420. The largest absolute Gasteiger partial charge is 0.448 e. The molecule has 44 heavy (non-hydrogen) atoms. The van der Waals surface area contributed by atoms with Gasteiger partial charge in [0.05, 0.1) is 17.7 Å². The highest BCUT2D eigenvalue weighted by molar-refractivity contribution is 6.21. The minimum absolute atomic E-state index is 0.0314. The molecule has 11 nitrogen and oxygen atoms in total. The van der Waals surface area contributed by atoms with Crippen molar-refractivity contribution in [1.82, 2.24) is 15.3 Å². The lowest BCUT2D eigenvalue weighted by Gasteiger charge is -2.30. The number of rotatable bonds is 5. The van der Waals surface area contributed by atoms with E-state index in [4.69, 9.17) is 14.3 Å². The highest BCUT2D eigenvalue weighted by Gasteiger charge is 2.52. The number of alkyl carbamates (subject to hydrolysis) is 1. The summed E-state index contributed by atoms with van der Waals surface area (Å²) in [6, 6.07) is 22.0. The number of fused-ring (bicyclic) bond motifs is 4. The average molecular weight is 598 g/mol. The van der Waals surface area contributed by atoms with E-state index in [0.29, 0.717) is 5.06 Å². The van der Waals surface area contributed by atoms with Crippen molar-refractivity contribution < 1.29 is 38.3 Å². The fourth-order valence-corrected chi connectivity index (χ4v) is 5.89. The molecule has 0 bridgehead atoms. The molecule has 2 heterocycles. The van der Waals surface area contributed by atoms with Crippen LogP contribution in [0.5, 0.6) is 0 Å². The zero-order valence-electron chi connectivity index (χ0n) is 24.5. The van der Waals surface area contributed by atoms with Gasteiger partial charge in [0.1, 0.15) is 12.2 Å². The van der Waals surface area contributed by atoms with Gasteiger partial charge in [-0.15, -0.1) is 0 Å². The first kappa shape index (κ1) is 28.9. The minimum atomic E-state index is -1.82. The number of hydroxylamine groups is 2. The lowest BCUT2D eigenvalue weighted by atomic mass is 9.98. The lowest BCUT2D eigenvalue weighted by molar-refractivity contribution is -0.176. The van der Waals surface area contributed by atoms with E-state index in [1.807, 2.05) is 48.5 Å². The summed E-state index contributed by atoms with van der Waals surface area (Å²) in [5, 5.41) is 2.92. The Kier molecular flexibility index (Phi) is 7.11. The Labute approximate surface area is 253 Å². The summed E-state index contributed by atoms with van der Waals surface area (Å²) in [6.45, 7) is 4.75. The summed E-state index contributed by atoms with van der Waals surface area (Å²) in [7, 11) is 0. The number of carbonyl (C=O) groups excluding carboxylic acids is 5. The van der Waals surface area contributed by atoms with Gasteiger partial charge in [0.15, 0.2) is 5.54 Å². The Bertz CT molecular complexity index is 1620. The Morgan fingerprint density at radius 2 is 1.36 bits per heavy atom. The standard InChI is InChI=1S/C33H31N3O8/c1-32(2,3)43-30(40)34-33(29(39)44-36-27(37)24-14-8-9-15-25(24)28(36)38)16-17-35(19-33)31(41)42-18-26-22-12-6-4-10-20(22)21-11-5-7-13-23(21)26/h4-15,26H,16-19H2,1-3H3,(H,34,40). The van der Waals surface area contributed by atoms with Crippen molar-refractivity contribution >= 4 is 30.0 Å². The van der Waals surface area contributed by atoms with Gasteiger partial charge in [-0.25, -0.2) is 14.4 Å². The summed E-state index contributed by atoms with van der Waals surface area (Å²) in [5.74, 6) is -2.88. The first-order valence-corrected chi connectivity index (χ1v) is 14.3. The molecule has 1 atom stereocenters. The van der Waals surface area contributed by atoms with Crippen molar-refractivity contribution in [3.8, 4) is 11.1 Å². The fourth-order valence-electron chi connectivity index (χ4n) is 5.89. The number of imide groups is 1. The topological polar surface area (TPSA) is 132 Å². The van der Waals surface area contributed by atoms with Crippen LogP contribution in [0.3, 0.4) is 0 Å². The van der Waals surface area contributed by atoms with E-state index in [9.17, 15) is 24.0 Å². The molecule has 2 aliphatic heterocycles. The van der Waals surface area contributed by atoms with Crippen LogP contribution >= 0.6 is 0 Å². The molecule has 4 amide bonds. The van der Waals surface area contributed by atoms with Crippen LogP contribution < -0.4 is 5.32 Å². The van der Waals surface area contributed by atoms with Gasteiger partial charge in [0.2, 0.25) is 0 Å². The second-order valence-electron chi connectivity index (χ2n) is 12.0. The van der Waals surface area contributed by atoms with Crippen LogP contribution in [0.2, 0.25) is 0 Å². The maximum atomic E-state index is 13.7. The smallest absolute Gasteiger partial charge is 0.409 e. The van der Waals surface area contributed by atoms with Gasteiger partial charge in [0.25, 0.3) is 11.8 Å². The van der Waals surface area contributed by atoms with Gasteiger partial charge in [-0.1, -0.05) is 65.7 Å². The van der Waals surface area contributed by atoms with Gasteiger partial charge >= 0.3 is 18.2 Å². The zero-order chi connectivity index (χ0) is 31.2. The molecule has 1 aliphatic carbocycles. The number of carbonyl (C=O) groups is 5. The number of ether oxygens (including phenoxy) is 2. The zero-order valence-corrected chi connectivity index (χ0v) is 24.5. The van der Waals surface area contributed by atoms with E-state index in [1.165, 1.54) is 17.0 Å². The molecule has 226 valence electrons. The van der Waals surface area contributed by atoms with Crippen molar-refractivity contribution in [3.63, 3.8) is 0 Å². The molecule has 1 unspecified atom stereocenters. The molecule has 1 N–H and O–H groups in total. The third-order valence-corrected chi connectivity index (χ3v) is 7.93. The minimum Gasteiger partial charge on any atom is -0.448 e. The Morgan fingerprint density at radius 1 is 0.841 bits per heavy atom. The number of hydrogen-bond acceptors (Lipinski definition) is 8. The van der Waals surface area contributed by atoms with Crippen LogP contribution in [0.4, 0.5) is 9.59 Å². The SMILES string of the molecule is CC(C)(C)OC(=O)NC1(C(=O)ON2C(=O)c3ccccc3C2=O)CCN(C(=O)OCC2c3ccccc3-c3ccccc32)C1. The number of nitrogens with zero attached hydrogens (tertiary/aromatic N) is 2. The summed E-state index contributed by atoms with van der Waals surface area (Å²) >= 11 is 0. The van der Waals surface area contributed by atoms with Gasteiger partial charge in [-0.2, -0.15) is 0 Å². The third kappa shape index (κ3) is 5.14. The van der Waals surface area contributed by atoms with Crippen molar-refractivity contribution in [3.05, 3.63) is 95.1 Å². The maximum Gasteiger partial charge on any atom is 0.409 e. The van der Waals surface area contributed by atoms with Crippen LogP contribution in [0.15, 0.2) is 72.8 Å². The number of hydrogen-bond donors (Lipinski definition) is 1. The highest BCUT2D eigenvalue weighted by atomic mass is 16.7. The molecule has 0 radical (unpaired) electrons. The van der Waals surface area contributed by atoms with E-state index in [2.05, 4.69) is 5.32 Å². The fraction of sp³-hybridized carbons (Fsp3) is 0.303. The summed E-state index contributed by atoms with van der Waals surface area (Å²) in [5.41, 5.74) is 1.74. The van der Waals surface area contributed by atoms with Gasteiger partial charge in [-0.05, 0) is 55.2 Å². The maximum absolute atomic E-state index is 13.7. The first-order chi connectivity index (χ1) is 21.0. The van der Waals surface area contributed by atoms with E-state index >= 15 is 0 Å². The average Bonchev–Trinajstić information content (AvgIpc) is 3.63. The Balaban J connectivity index is 1.19. The van der Waals surface area contributed by atoms with E-state index in [0.717, 1.165) is 22.3 Å². The van der Waals surface area contributed by atoms with E-state index in [-0.39, 0.29) is 43.2 Å². The molecule has 6 rings (SSSR count). The molecular weight excluding hydrogens is 566 g/mol. The molecule has 0 saturated carbocycles. The van der Waals surface area contributed by atoms with Crippen LogP contribution in [-0.4, -0.2) is 70.8 Å². The summed E-state index contributed by atoms with van der Waals surface area (Å²) in [6.07, 6.45) is -1.68. The number of nitrogens with one attached hydrogen (secondary N) is 1. The van der Waals surface area contributed by atoms with E-state index in [1.54, 1.807) is 32.9 Å². The van der Waals surface area contributed by atoms with Gasteiger partial charge < -0.3 is 24.5 Å². The van der Waals surface area contributed by atoms with Crippen molar-refractivity contribution in [2.75, 3.05) is 19.7 Å². The lowest BCUT2D eigenvalue weighted by Crippen LogP contribution is -2.59. The number of amides is 4. The van der Waals surface area contributed by atoms with Crippen molar-refractivity contribution in [1.29, 1.82) is 0 Å². The molecule has 3 aromatic rings. The molecule has 1 saturated heterocycles. The van der Waals surface area contributed by atoms with Crippen molar-refractivity contribution in [2.24, 2.45) is 0 Å². The third-order valence-electron chi connectivity index (χ3n) is 7.93. The highest BCUT2D eigenvalue weighted by Crippen LogP contribution is 2.44. The van der Waals surface area contributed by atoms with Gasteiger partial charge in [0, 0.05) is 18.9 Å². The molecule has 3 aromatic carbocycles. The predicted molar refractivity (Wildman–Crippen MR) is 156 cm³/mol. The van der Waals surface area contributed by atoms with Crippen LogP contribution in [-0.2, 0) is 19.1 Å². The Hall–Kier alpha value is -5.19. The van der Waals surface area contributed by atoms with Gasteiger partial charge in [-0.3, -0.25) is 9.59 Å². The van der Waals surface area contributed by atoms with Crippen LogP contribution in [0.25, 0.3) is 11.1 Å². The second-order valence-corrected chi connectivity index (χ2v) is 12.0. The first-order valence-electron chi connectivity index (χ1n) is 14.3. The Morgan fingerprint density at radius 3 is 1.91 bits per heavy atom. The molecule has 0 spiro atoms. The monoisotopic (exact) mass is 597 g/mol. The van der Waals surface area contributed by atoms with Crippen LogP contribution in [0, 0.1) is 0 Å². The molecule has 0 aromatic heterocycles.